The van der Waals surface area contributed by atoms with Crippen molar-refractivity contribution in [3.63, 3.8) is 0 Å². The topological polar surface area (TPSA) is 81.3 Å². The first kappa shape index (κ1) is 15.5. The van der Waals surface area contributed by atoms with E-state index in [2.05, 4.69) is 16.5 Å². The van der Waals surface area contributed by atoms with Crippen LogP contribution in [0.1, 0.15) is 12.5 Å². The summed E-state index contributed by atoms with van der Waals surface area (Å²) in [6, 6.07) is 3.65. The van der Waals surface area contributed by atoms with Crippen LogP contribution in [-0.2, 0) is 19.1 Å². The van der Waals surface area contributed by atoms with Gasteiger partial charge >= 0.3 is 5.97 Å². The smallest absolute Gasteiger partial charge is 0.341 e. The molecule has 0 amide bonds. The molecule has 2 aromatic heterocycles. The van der Waals surface area contributed by atoms with Crippen molar-refractivity contribution in [1.29, 1.82) is 0 Å². The van der Waals surface area contributed by atoms with E-state index in [4.69, 9.17) is 9.47 Å². The number of hydrogen-bond acceptors (Lipinski definition) is 5. The van der Waals surface area contributed by atoms with E-state index < -0.39 is 11.8 Å². The summed E-state index contributed by atoms with van der Waals surface area (Å²) in [7, 11) is 1.36. The zero-order valence-electron chi connectivity index (χ0n) is 12.4. The summed E-state index contributed by atoms with van der Waals surface area (Å²) >= 11 is 0. The third kappa shape index (κ3) is 3.06. The van der Waals surface area contributed by atoms with Crippen LogP contribution >= 0.6 is 0 Å². The number of esters is 1. The van der Waals surface area contributed by atoms with E-state index in [1.54, 1.807) is 25.4 Å². The molecule has 0 spiro atoms. The Labute approximate surface area is 127 Å². The maximum atomic E-state index is 12.2. The van der Waals surface area contributed by atoms with E-state index in [0.717, 1.165) is 10.9 Å². The summed E-state index contributed by atoms with van der Waals surface area (Å²) in [6.07, 6.45) is 4.90. The number of carbonyl (C=O) groups is 2. The van der Waals surface area contributed by atoms with Gasteiger partial charge in [-0.2, -0.15) is 0 Å². The summed E-state index contributed by atoms with van der Waals surface area (Å²) in [5.41, 5.74) is 1.15. The molecule has 0 aliphatic carbocycles. The molecule has 6 nitrogen and oxygen atoms in total. The van der Waals surface area contributed by atoms with Crippen LogP contribution in [0.15, 0.2) is 42.4 Å². The molecule has 2 heterocycles. The summed E-state index contributed by atoms with van der Waals surface area (Å²) in [6.45, 7) is 5.29. The molecule has 114 valence electrons. The van der Waals surface area contributed by atoms with E-state index in [1.165, 1.54) is 13.2 Å². The van der Waals surface area contributed by atoms with E-state index in [1.807, 2.05) is 6.07 Å². The minimum absolute atomic E-state index is 0.00260. The Morgan fingerprint density at radius 2 is 2.23 bits per heavy atom. The number of Topliss-reactive ketones (excluding diaryl/α,β-unsaturated/α-hetero) is 1. The van der Waals surface area contributed by atoms with Crippen LogP contribution in [0.2, 0.25) is 0 Å². The molecule has 0 saturated carbocycles. The number of H-pyrrole nitrogens is 1. The average molecular weight is 300 g/mol. The van der Waals surface area contributed by atoms with Crippen molar-refractivity contribution >= 4 is 28.9 Å². The van der Waals surface area contributed by atoms with Gasteiger partial charge in [-0.3, -0.25) is 4.79 Å². The minimum Gasteiger partial charge on any atom is -0.493 e. The standard InChI is InChI=1S/C16H16N2O4/c1-4-22-16(20)10(2)14(19)13(21-3)8-11-9-18-15-12(11)6-5-7-17-15/h5-9H,2,4H2,1,3H3,(H,17,18)/b13-8-. The summed E-state index contributed by atoms with van der Waals surface area (Å²) in [5.74, 6) is -1.36. The maximum Gasteiger partial charge on any atom is 0.341 e. The number of ether oxygens (including phenoxy) is 2. The summed E-state index contributed by atoms with van der Waals surface area (Å²) in [4.78, 5) is 31.0. The number of pyridine rings is 1. The third-order valence-electron chi connectivity index (χ3n) is 3.01. The number of nitrogens with one attached hydrogen (secondary N) is 1. The highest BCUT2D eigenvalue weighted by Crippen LogP contribution is 2.20. The van der Waals surface area contributed by atoms with Gasteiger partial charge in [0.2, 0.25) is 5.78 Å². The van der Waals surface area contributed by atoms with Crippen LogP contribution in [0, 0.1) is 0 Å². The largest absolute Gasteiger partial charge is 0.493 e. The number of hydrogen-bond donors (Lipinski definition) is 1. The lowest BCUT2D eigenvalue weighted by Crippen LogP contribution is -2.17. The highest BCUT2D eigenvalue weighted by Gasteiger charge is 2.22. The third-order valence-corrected chi connectivity index (χ3v) is 3.01. The molecule has 0 bridgehead atoms. The molecule has 6 heteroatoms. The van der Waals surface area contributed by atoms with Crippen LogP contribution < -0.4 is 0 Å². The van der Waals surface area contributed by atoms with E-state index in [-0.39, 0.29) is 17.9 Å². The fourth-order valence-electron chi connectivity index (χ4n) is 1.91. The lowest BCUT2D eigenvalue weighted by Gasteiger charge is -2.07. The Balaban J connectivity index is 2.33. The average Bonchev–Trinajstić information content (AvgIpc) is 2.94. The van der Waals surface area contributed by atoms with Crippen molar-refractivity contribution in [2.24, 2.45) is 0 Å². The van der Waals surface area contributed by atoms with Crippen molar-refractivity contribution in [3.05, 3.63) is 48.0 Å². The Bertz CT molecular complexity index is 758. The van der Waals surface area contributed by atoms with E-state index in [0.29, 0.717) is 5.65 Å². The van der Waals surface area contributed by atoms with Crippen LogP contribution in [0.5, 0.6) is 0 Å². The highest BCUT2D eigenvalue weighted by atomic mass is 16.5. The summed E-state index contributed by atoms with van der Waals surface area (Å²) < 4.78 is 9.86. The molecule has 0 unspecified atom stereocenters. The van der Waals surface area contributed by atoms with Gasteiger partial charge in [0.15, 0.2) is 5.76 Å². The van der Waals surface area contributed by atoms with Crippen molar-refractivity contribution in [3.8, 4) is 0 Å². The SMILES string of the molecule is C=C(C(=O)OCC)C(=O)/C(=C/c1c[nH]c2ncccc12)OC. The number of allylic oxidation sites excluding steroid dienone is 1. The van der Waals surface area contributed by atoms with Gasteiger partial charge in [0.1, 0.15) is 11.2 Å². The number of aromatic nitrogens is 2. The molecule has 1 N–H and O–H groups in total. The van der Waals surface area contributed by atoms with Gasteiger partial charge in [0.05, 0.1) is 13.7 Å². The van der Waals surface area contributed by atoms with Gasteiger partial charge < -0.3 is 14.5 Å². The van der Waals surface area contributed by atoms with Gasteiger partial charge in [-0.05, 0) is 25.1 Å². The lowest BCUT2D eigenvalue weighted by molar-refractivity contribution is -0.139. The number of methoxy groups -OCH3 is 1. The fourth-order valence-corrected chi connectivity index (χ4v) is 1.91. The zero-order chi connectivity index (χ0) is 16.1. The van der Waals surface area contributed by atoms with Gasteiger partial charge in [0.25, 0.3) is 0 Å². The molecule has 0 fully saturated rings. The van der Waals surface area contributed by atoms with Crippen LogP contribution in [0.25, 0.3) is 17.1 Å². The van der Waals surface area contributed by atoms with Crippen LogP contribution in [-0.4, -0.2) is 35.4 Å². The monoisotopic (exact) mass is 300 g/mol. The number of fused-ring (bicyclic) bond motifs is 1. The maximum absolute atomic E-state index is 12.2. The second-order valence-electron chi connectivity index (χ2n) is 4.38. The molecule has 0 aliphatic rings. The first-order chi connectivity index (χ1) is 10.6. The molecule has 0 atom stereocenters. The van der Waals surface area contributed by atoms with Gasteiger partial charge in [-0.1, -0.05) is 6.58 Å². The fraction of sp³-hybridized carbons (Fsp3) is 0.188. The first-order valence-corrected chi connectivity index (χ1v) is 6.67. The van der Waals surface area contributed by atoms with Gasteiger partial charge in [0, 0.05) is 23.3 Å². The molecule has 2 rings (SSSR count). The second-order valence-corrected chi connectivity index (χ2v) is 4.38. The summed E-state index contributed by atoms with van der Waals surface area (Å²) in [5, 5.41) is 0.839. The molecule has 0 saturated heterocycles. The molecule has 22 heavy (non-hydrogen) atoms. The van der Waals surface area contributed by atoms with Crippen molar-refractivity contribution < 1.29 is 19.1 Å². The predicted molar refractivity (Wildman–Crippen MR) is 81.9 cm³/mol. The van der Waals surface area contributed by atoms with Crippen molar-refractivity contribution in [1.82, 2.24) is 9.97 Å². The van der Waals surface area contributed by atoms with Crippen molar-refractivity contribution in [2.75, 3.05) is 13.7 Å². The number of rotatable bonds is 6. The molecule has 0 radical (unpaired) electrons. The predicted octanol–water partition coefficient (Wildman–Crippen LogP) is 2.24. The van der Waals surface area contributed by atoms with Crippen LogP contribution in [0.4, 0.5) is 0 Å². The van der Waals surface area contributed by atoms with E-state index >= 15 is 0 Å². The van der Waals surface area contributed by atoms with Gasteiger partial charge in [-0.15, -0.1) is 0 Å². The number of nitrogens with zero attached hydrogens (tertiary/aromatic N) is 1. The lowest BCUT2D eigenvalue weighted by atomic mass is 10.1. The minimum atomic E-state index is -0.754. The molecule has 0 aromatic carbocycles. The zero-order valence-corrected chi connectivity index (χ0v) is 12.4. The number of ketones is 1. The van der Waals surface area contributed by atoms with E-state index in [9.17, 15) is 9.59 Å². The normalized spacial score (nSPS) is 11.3. The molecular weight excluding hydrogens is 284 g/mol. The molecular formula is C16H16N2O4. The molecule has 0 aliphatic heterocycles. The Morgan fingerprint density at radius 1 is 1.45 bits per heavy atom. The number of carbonyl (C=O) groups excluding carboxylic acids is 2. The second kappa shape index (κ2) is 6.71. The Hall–Kier alpha value is -2.89. The molecule has 2 aromatic rings. The highest BCUT2D eigenvalue weighted by molar-refractivity contribution is 6.24. The Kier molecular flexibility index (Phi) is 4.73. The Morgan fingerprint density at radius 3 is 2.91 bits per heavy atom. The quantitative estimate of drug-likeness (QED) is 0.291. The first-order valence-electron chi connectivity index (χ1n) is 6.67. The van der Waals surface area contributed by atoms with Crippen molar-refractivity contribution in [2.45, 2.75) is 6.92 Å². The van der Waals surface area contributed by atoms with Gasteiger partial charge in [-0.25, -0.2) is 9.78 Å². The number of aromatic amines is 1. The van der Waals surface area contributed by atoms with Crippen LogP contribution in [0.3, 0.4) is 0 Å².